The van der Waals surface area contributed by atoms with E-state index in [4.69, 9.17) is 4.74 Å². The van der Waals surface area contributed by atoms with E-state index in [0.717, 1.165) is 6.42 Å². The van der Waals surface area contributed by atoms with Crippen molar-refractivity contribution in [3.63, 3.8) is 0 Å². The third kappa shape index (κ3) is 3.91. The summed E-state index contributed by atoms with van der Waals surface area (Å²) in [6.45, 7) is 2.78. The Morgan fingerprint density at radius 3 is 2.80 bits per heavy atom. The van der Waals surface area contributed by atoms with Crippen molar-refractivity contribution in [3.05, 3.63) is 35.6 Å². The van der Waals surface area contributed by atoms with E-state index in [1.54, 1.807) is 6.92 Å². The van der Waals surface area contributed by atoms with Crippen LogP contribution in [0.2, 0.25) is 0 Å². The first kappa shape index (κ1) is 14.7. The second-order valence-corrected chi connectivity index (χ2v) is 5.17. The van der Waals surface area contributed by atoms with Gasteiger partial charge in [0.1, 0.15) is 11.4 Å². The molecule has 0 spiro atoms. The molecule has 2 rings (SSSR count). The first-order valence-corrected chi connectivity index (χ1v) is 6.58. The minimum absolute atomic E-state index is 0.0192. The van der Waals surface area contributed by atoms with E-state index in [1.807, 2.05) is 0 Å². The summed E-state index contributed by atoms with van der Waals surface area (Å²) in [5, 5.41) is 15.7. The van der Waals surface area contributed by atoms with Crippen LogP contribution in [0.3, 0.4) is 0 Å². The summed E-state index contributed by atoms with van der Waals surface area (Å²) in [6, 6.07) is 5.23. The predicted octanol–water partition coefficient (Wildman–Crippen LogP) is 1.12. The van der Waals surface area contributed by atoms with E-state index in [2.05, 4.69) is 10.6 Å². The lowest BCUT2D eigenvalue weighted by atomic mass is 9.96. The molecule has 0 saturated carbocycles. The van der Waals surface area contributed by atoms with Gasteiger partial charge in [0.25, 0.3) is 0 Å². The van der Waals surface area contributed by atoms with Crippen molar-refractivity contribution in [2.45, 2.75) is 25.0 Å². The fourth-order valence-electron chi connectivity index (χ4n) is 2.05. The highest BCUT2D eigenvalue weighted by atomic mass is 19.1. The van der Waals surface area contributed by atoms with Crippen molar-refractivity contribution in [2.75, 3.05) is 19.8 Å². The first-order valence-electron chi connectivity index (χ1n) is 6.58. The van der Waals surface area contributed by atoms with E-state index >= 15 is 0 Å². The van der Waals surface area contributed by atoms with Gasteiger partial charge in [-0.2, -0.15) is 0 Å². The molecule has 2 amide bonds. The molecule has 0 radical (unpaired) electrons. The summed E-state index contributed by atoms with van der Waals surface area (Å²) < 4.78 is 18.0. The average Bonchev–Trinajstić information content (AvgIpc) is 2.90. The Bertz CT molecular complexity index is 456. The molecule has 0 aliphatic carbocycles. The number of aliphatic hydroxyl groups is 1. The topological polar surface area (TPSA) is 70.6 Å². The standard InChI is InChI=1S/C14H19FN2O3/c1-14(19,10-2-4-11(15)5-3-10)9-16-13(18)17-12-6-7-20-8-12/h2-5,12,19H,6-9H2,1H3,(H2,16,17,18). The summed E-state index contributed by atoms with van der Waals surface area (Å²) in [5.41, 5.74) is -0.708. The van der Waals surface area contributed by atoms with Crippen LogP contribution in [0.4, 0.5) is 9.18 Å². The average molecular weight is 282 g/mol. The fourth-order valence-corrected chi connectivity index (χ4v) is 2.05. The lowest BCUT2D eigenvalue weighted by Gasteiger charge is -2.24. The molecule has 0 bridgehead atoms. The zero-order valence-corrected chi connectivity index (χ0v) is 11.4. The van der Waals surface area contributed by atoms with Gasteiger partial charge < -0.3 is 20.5 Å². The van der Waals surface area contributed by atoms with E-state index in [9.17, 15) is 14.3 Å². The van der Waals surface area contributed by atoms with Gasteiger partial charge in [-0.1, -0.05) is 12.1 Å². The number of nitrogens with one attached hydrogen (secondary N) is 2. The van der Waals surface area contributed by atoms with Crippen LogP contribution in [0.1, 0.15) is 18.9 Å². The van der Waals surface area contributed by atoms with Crippen LogP contribution < -0.4 is 10.6 Å². The Balaban J connectivity index is 1.84. The molecule has 1 aromatic carbocycles. The first-order chi connectivity index (χ1) is 9.47. The van der Waals surface area contributed by atoms with Crippen LogP contribution in [0, 0.1) is 5.82 Å². The molecule has 110 valence electrons. The number of hydrogen-bond donors (Lipinski definition) is 3. The Hall–Kier alpha value is -1.66. The van der Waals surface area contributed by atoms with Gasteiger partial charge in [-0.15, -0.1) is 0 Å². The minimum atomic E-state index is -1.25. The van der Waals surface area contributed by atoms with Crippen LogP contribution in [0.25, 0.3) is 0 Å². The van der Waals surface area contributed by atoms with Crippen molar-refractivity contribution in [1.82, 2.24) is 10.6 Å². The molecule has 20 heavy (non-hydrogen) atoms. The van der Waals surface area contributed by atoms with Crippen LogP contribution in [0.15, 0.2) is 24.3 Å². The van der Waals surface area contributed by atoms with Crippen molar-refractivity contribution in [3.8, 4) is 0 Å². The number of urea groups is 1. The number of halogens is 1. The third-order valence-electron chi connectivity index (χ3n) is 3.32. The SMILES string of the molecule is CC(O)(CNC(=O)NC1CCOC1)c1ccc(F)cc1. The van der Waals surface area contributed by atoms with Gasteiger partial charge in [0, 0.05) is 6.61 Å². The highest BCUT2D eigenvalue weighted by molar-refractivity contribution is 5.74. The molecule has 1 aliphatic heterocycles. The van der Waals surface area contributed by atoms with E-state index in [1.165, 1.54) is 24.3 Å². The number of benzene rings is 1. The van der Waals surface area contributed by atoms with E-state index in [-0.39, 0.29) is 24.4 Å². The zero-order valence-electron chi connectivity index (χ0n) is 11.4. The lowest BCUT2D eigenvalue weighted by Crippen LogP contribution is -2.47. The molecule has 1 fully saturated rings. The van der Waals surface area contributed by atoms with E-state index < -0.39 is 5.60 Å². The van der Waals surface area contributed by atoms with Gasteiger partial charge in [-0.3, -0.25) is 0 Å². The van der Waals surface area contributed by atoms with Crippen molar-refractivity contribution in [1.29, 1.82) is 0 Å². The largest absolute Gasteiger partial charge is 0.384 e. The quantitative estimate of drug-likeness (QED) is 0.775. The molecular formula is C14H19FN2O3. The molecule has 6 heteroatoms. The summed E-state index contributed by atoms with van der Waals surface area (Å²) in [5.74, 6) is -0.364. The summed E-state index contributed by atoms with van der Waals surface area (Å²) in [7, 11) is 0. The molecule has 5 nitrogen and oxygen atoms in total. The molecule has 0 aromatic heterocycles. The van der Waals surface area contributed by atoms with Crippen molar-refractivity contribution in [2.24, 2.45) is 0 Å². The molecule has 1 aliphatic rings. The van der Waals surface area contributed by atoms with E-state index in [0.29, 0.717) is 18.8 Å². The highest BCUT2D eigenvalue weighted by Gasteiger charge is 2.25. The summed E-state index contributed by atoms with van der Waals surface area (Å²) >= 11 is 0. The molecule has 1 heterocycles. The normalized spacial score (nSPS) is 21.2. The Labute approximate surface area is 117 Å². The van der Waals surface area contributed by atoms with Gasteiger partial charge >= 0.3 is 6.03 Å². The minimum Gasteiger partial charge on any atom is -0.384 e. The number of carbonyl (C=O) groups excluding carboxylic acids is 1. The van der Waals surface area contributed by atoms with Crippen LogP contribution in [0.5, 0.6) is 0 Å². The molecule has 2 unspecified atom stereocenters. The van der Waals surface area contributed by atoms with Crippen LogP contribution in [-0.4, -0.2) is 36.9 Å². The predicted molar refractivity (Wildman–Crippen MR) is 71.7 cm³/mol. The fraction of sp³-hybridized carbons (Fsp3) is 0.500. The number of hydrogen-bond acceptors (Lipinski definition) is 3. The molecule has 1 aromatic rings. The van der Waals surface area contributed by atoms with Crippen LogP contribution in [-0.2, 0) is 10.3 Å². The van der Waals surface area contributed by atoms with Gasteiger partial charge in [-0.05, 0) is 31.0 Å². The molecule has 3 N–H and O–H groups in total. The van der Waals surface area contributed by atoms with Gasteiger partial charge in [0.2, 0.25) is 0 Å². The Morgan fingerprint density at radius 1 is 1.50 bits per heavy atom. The number of carbonyl (C=O) groups is 1. The monoisotopic (exact) mass is 282 g/mol. The molecular weight excluding hydrogens is 263 g/mol. The maximum atomic E-state index is 12.8. The Morgan fingerprint density at radius 2 is 2.20 bits per heavy atom. The van der Waals surface area contributed by atoms with Crippen LogP contribution >= 0.6 is 0 Å². The van der Waals surface area contributed by atoms with Crippen molar-refractivity contribution < 1.29 is 19.0 Å². The Kier molecular flexibility index (Phi) is 4.57. The van der Waals surface area contributed by atoms with Gasteiger partial charge in [0.15, 0.2) is 0 Å². The van der Waals surface area contributed by atoms with Crippen molar-refractivity contribution >= 4 is 6.03 Å². The number of rotatable bonds is 4. The molecule has 1 saturated heterocycles. The second kappa shape index (κ2) is 6.19. The van der Waals surface area contributed by atoms with Gasteiger partial charge in [0.05, 0.1) is 19.2 Å². The smallest absolute Gasteiger partial charge is 0.315 e. The zero-order chi connectivity index (χ0) is 14.6. The molecule has 2 atom stereocenters. The van der Waals surface area contributed by atoms with Gasteiger partial charge in [-0.25, -0.2) is 9.18 Å². The number of ether oxygens (including phenoxy) is 1. The maximum Gasteiger partial charge on any atom is 0.315 e. The second-order valence-electron chi connectivity index (χ2n) is 5.17. The summed E-state index contributed by atoms with van der Waals surface area (Å²) in [6.07, 6.45) is 0.793. The highest BCUT2D eigenvalue weighted by Crippen LogP contribution is 2.19. The lowest BCUT2D eigenvalue weighted by molar-refractivity contribution is 0.0591. The maximum absolute atomic E-state index is 12.8. The summed E-state index contributed by atoms with van der Waals surface area (Å²) in [4.78, 5) is 11.7. The third-order valence-corrected chi connectivity index (χ3v) is 3.32. The number of amides is 2.